The van der Waals surface area contributed by atoms with Gasteiger partial charge in [-0.25, -0.2) is 9.98 Å². The van der Waals surface area contributed by atoms with Crippen molar-refractivity contribution in [1.29, 1.82) is 0 Å². The van der Waals surface area contributed by atoms with Crippen LogP contribution in [0.3, 0.4) is 0 Å². The van der Waals surface area contributed by atoms with Crippen LogP contribution in [0.15, 0.2) is 35.6 Å². The number of nitrogens with zero attached hydrogens (tertiary/aromatic N) is 3. The quantitative estimate of drug-likeness (QED) is 0.663. The van der Waals surface area contributed by atoms with Crippen LogP contribution in [-0.4, -0.2) is 21.4 Å². The van der Waals surface area contributed by atoms with E-state index in [1.165, 1.54) is 32.1 Å². The molecule has 20 heavy (non-hydrogen) atoms. The number of hydrogen-bond donors (Lipinski definition) is 2. The first kappa shape index (κ1) is 13.0. The maximum Gasteiger partial charge on any atom is 0.189 e. The highest BCUT2D eigenvalue weighted by Crippen LogP contribution is 2.17. The summed E-state index contributed by atoms with van der Waals surface area (Å²) in [5.74, 6) is 0.536. The normalized spacial score (nSPS) is 17.5. The Balaban J connectivity index is 1.60. The lowest BCUT2D eigenvalue weighted by Crippen LogP contribution is -2.41. The standard InChI is InChI=1S/C15H21N5/c16-15(19-12-6-2-1-3-7-12)17-10-13-11-20-9-5-4-8-14(20)18-13/h4-5,8-9,11-12H,1-3,6-7,10H2,(H3,16,17,19). The van der Waals surface area contributed by atoms with E-state index >= 15 is 0 Å². The van der Waals surface area contributed by atoms with Crippen LogP contribution in [0, 0.1) is 0 Å². The van der Waals surface area contributed by atoms with Crippen LogP contribution in [0.25, 0.3) is 5.65 Å². The maximum atomic E-state index is 5.95. The average molecular weight is 271 g/mol. The van der Waals surface area contributed by atoms with Gasteiger partial charge in [0.1, 0.15) is 5.65 Å². The third kappa shape index (κ3) is 3.10. The molecule has 2 heterocycles. The van der Waals surface area contributed by atoms with Gasteiger partial charge in [0.05, 0.1) is 12.2 Å². The number of nitrogens with two attached hydrogens (primary N) is 1. The van der Waals surface area contributed by atoms with Gasteiger partial charge in [-0.2, -0.15) is 0 Å². The summed E-state index contributed by atoms with van der Waals surface area (Å²) >= 11 is 0. The van der Waals surface area contributed by atoms with Gasteiger partial charge in [-0.15, -0.1) is 0 Å². The molecule has 0 spiro atoms. The molecule has 2 aromatic heterocycles. The van der Waals surface area contributed by atoms with Crippen molar-refractivity contribution in [3.05, 3.63) is 36.3 Å². The van der Waals surface area contributed by atoms with Crippen LogP contribution < -0.4 is 11.1 Å². The molecule has 0 radical (unpaired) electrons. The van der Waals surface area contributed by atoms with Crippen molar-refractivity contribution in [2.45, 2.75) is 44.7 Å². The zero-order chi connectivity index (χ0) is 13.8. The van der Waals surface area contributed by atoms with Crippen LogP contribution in [0.2, 0.25) is 0 Å². The molecule has 1 fully saturated rings. The highest BCUT2D eigenvalue weighted by Gasteiger charge is 2.13. The summed E-state index contributed by atoms with van der Waals surface area (Å²) in [6.07, 6.45) is 10.3. The van der Waals surface area contributed by atoms with Gasteiger partial charge in [0.15, 0.2) is 5.96 Å². The molecule has 0 unspecified atom stereocenters. The smallest absolute Gasteiger partial charge is 0.189 e. The fourth-order valence-electron chi connectivity index (χ4n) is 2.73. The summed E-state index contributed by atoms with van der Waals surface area (Å²) in [5.41, 5.74) is 7.83. The van der Waals surface area contributed by atoms with E-state index in [0.717, 1.165) is 11.3 Å². The number of guanidine groups is 1. The monoisotopic (exact) mass is 271 g/mol. The van der Waals surface area contributed by atoms with Crippen LogP contribution in [-0.2, 0) is 6.54 Å². The Kier molecular flexibility index (Phi) is 3.85. The molecule has 5 nitrogen and oxygen atoms in total. The molecule has 2 aromatic rings. The number of rotatable bonds is 3. The predicted octanol–water partition coefficient (Wildman–Crippen LogP) is 2.07. The van der Waals surface area contributed by atoms with Gasteiger partial charge in [-0.3, -0.25) is 0 Å². The second-order valence-corrected chi connectivity index (χ2v) is 5.38. The lowest BCUT2D eigenvalue weighted by Gasteiger charge is -2.23. The van der Waals surface area contributed by atoms with Gasteiger partial charge in [-0.05, 0) is 25.0 Å². The molecule has 3 rings (SSSR count). The first-order valence-corrected chi connectivity index (χ1v) is 7.30. The zero-order valence-electron chi connectivity index (χ0n) is 11.6. The third-order valence-electron chi connectivity index (χ3n) is 3.78. The maximum absolute atomic E-state index is 5.95. The van der Waals surface area contributed by atoms with Crippen molar-refractivity contribution in [2.75, 3.05) is 0 Å². The van der Waals surface area contributed by atoms with E-state index in [2.05, 4.69) is 15.3 Å². The molecule has 106 valence electrons. The lowest BCUT2D eigenvalue weighted by atomic mass is 9.96. The highest BCUT2D eigenvalue weighted by atomic mass is 15.1. The molecule has 3 N–H and O–H groups in total. The van der Waals surface area contributed by atoms with E-state index in [9.17, 15) is 0 Å². The van der Waals surface area contributed by atoms with Crippen molar-refractivity contribution in [3.8, 4) is 0 Å². The predicted molar refractivity (Wildman–Crippen MR) is 80.5 cm³/mol. The van der Waals surface area contributed by atoms with Crippen LogP contribution in [0.1, 0.15) is 37.8 Å². The number of hydrogen-bond acceptors (Lipinski definition) is 2. The highest BCUT2D eigenvalue weighted by molar-refractivity contribution is 5.78. The molecule has 0 amide bonds. The third-order valence-corrected chi connectivity index (χ3v) is 3.78. The molecule has 1 aliphatic carbocycles. The molecule has 0 aliphatic heterocycles. The van der Waals surface area contributed by atoms with E-state index in [1.807, 2.05) is 35.0 Å². The van der Waals surface area contributed by atoms with Crippen molar-refractivity contribution >= 4 is 11.6 Å². The van der Waals surface area contributed by atoms with Gasteiger partial charge in [0.25, 0.3) is 0 Å². The summed E-state index contributed by atoms with van der Waals surface area (Å²) < 4.78 is 2.00. The topological polar surface area (TPSA) is 67.7 Å². The number of aromatic nitrogens is 2. The summed E-state index contributed by atoms with van der Waals surface area (Å²) in [4.78, 5) is 8.90. The van der Waals surface area contributed by atoms with E-state index < -0.39 is 0 Å². The van der Waals surface area contributed by atoms with Gasteiger partial charge in [0, 0.05) is 18.4 Å². The fraction of sp³-hybridized carbons (Fsp3) is 0.467. The Hall–Kier alpha value is -2.04. The molecular weight excluding hydrogens is 250 g/mol. The van der Waals surface area contributed by atoms with Crippen LogP contribution >= 0.6 is 0 Å². The van der Waals surface area contributed by atoms with Crippen LogP contribution in [0.4, 0.5) is 0 Å². The van der Waals surface area contributed by atoms with Crippen LogP contribution in [0.5, 0.6) is 0 Å². The molecule has 1 saturated carbocycles. The molecule has 5 heteroatoms. The molecule has 0 saturated heterocycles. The van der Waals surface area contributed by atoms with Gasteiger partial charge in [0.2, 0.25) is 0 Å². The number of fused-ring (bicyclic) bond motifs is 1. The first-order valence-electron chi connectivity index (χ1n) is 7.30. The molecule has 1 aliphatic rings. The SMILES string of the molecule is NC(=NCc1cn2ccccc2n1)NC1CCCCC1. The van der Waals surface area contributed by atoms with Crippen molar-refractivity contribution < 1.29 is 0 Å². The number of pyridine rings is 1. The second kappa shape index (κ2) is 5.94. The summed E-state index contributed by atoms with van der Waals surface area (Å²) in [6.45, 7) is 0.521. The summed E-state index contributed by atoms with van der Waals surface area (Å²) in [7, 11) is 0. The number of aliphatic imine (C=N–C) groups is 1. The van der Waals surface area contributed by atoms with E-state index in [4.69, 9.17) is 5.73 Å². The minimum Gasteiger partial charge on any atom is -0.370 e. The average Bonchev–Trinajstić information content (AvgIpc) is 2.89. The fourth-order valence-corrected chi connectivity index (χ4v) is 2.73. The molecule has 0 bridgehead atoms. The lowest BCUT2D eigenvalue weighted by molar-refractivity contribution is 0.412. The molecular formula is C15H21N5. The largest absolute Gasteiger partial charge is 0.370 e. The van der Waals surface area contributed by atoms with E-state index in [-0.39, 0.29) is 0 Å². The van der Waals surface area contributed by atoms with Crippen molar-refractivity contribution in [2.24, 2.45) is 10.7 Å². The van der Waals surface area contributed by atoms with Crippen molar-refractivity contribution in [1.82, 2.24) is 14.7 Å². The first-order chi connectivity index (χ1) is 9.81. The van der Waals surface area contributed by atoms with E-state index in [1.54, 1.807) is 0 Å². The van der Waals surface area contributed by atoms with E-state index in [0.29, 0.717) is 18.5 Å². The van der Waals surface area contributed by atoms with Gasteiger partial charge in [-0.1, -0.05) is 25.3 Å². The Bertz CT molecular complexity index is 562. The Morgan fingerprint density at radius 1 is 1.35 bits per heavy atom. The Labute approximate surface area is 118 Å². The second-order valence-electron chi connectivity index (χ2n) is 5.38. The zero-order valence-corrected chi connectivity index (χ0v) is 11.6. The van der Waals surface area contributed by atoms with Gasteiger partial charge < -0.3 is 15.5 Å². The minimum absolute atomic E-state index is 0.494. The van der Waals surface area contributed by atoms with Crippen molar-refractivity contribution in [3.63, 3.8) is 0 Å². The summed E-state index contributed by atoms with van der Waals surface area (Å²) in [6, 6.07) is 6.44. The minimum atomic E-state index is 0.494. The summed E-state index contributed by atoms with van der Waals surface area (Å²) in [5, 5.41) is 3.32. The Morgan fingerprint density at radius 3 is 3.00 bits per heavy atom. The number of nitrogens with one attached hydrogen (secondary N) is 1. The molecule has 0 atom stereocenters. The van der Waals surface area contributed by atoms with Gasteiger partial charge >= 0.3 is 0 Å². The number of imidazole rings is 1. The Morgan fingerprint density at radius 2 is 2.20 bits per heavy atom. The molecule has 0 aromatic carbocycles.